The molecule has 0 aromatic carbocycles. The Morgan fingerprint density at radius 1 is 1.04 bits per heavy atom. The number of carbonyl (C=O) groups is 1. The van der Waals surface area contributed by atoms with Crippen molar-refractivity contribution in [3.05, 3.63) is 0 Å². The molecule has 144 valence electrons. The summed E-state index contributed by atoms with van der Waals surface area (Å²) in [5.41, 5.74) is 0. The van der Waals surface area contributed by atoms with Crippen LogP contribution >= 0.6 is 0 Å². The average molecular weight is 355 g/mol. The van der Waals surface area contributed by atoms with E-state index >= 15 is 0 Å². The third-order valence-corrected chi connectivity index (χ3v) is 6.61. The zero-order valence-corrected chi connectivity index (χ0v) is 15.7. The molecule has 3 fully saturated rings. The first kappa shape index (κ1) is 19.1. The summed E-state index contributed by atoms with van der Waals surface area (Å²) >= 11 is 0. The van der Waals surface area contributed by atoms with Gasteiger partial charge in [0.2, 0.25) is 5.91 Å². The summed E-state index contributed by atoms with van der Waals surface area (Å²) in [5, 5.41) is 3.39. The van der Waals surface area contributed by atoms with Gasteiger partial charge < -0.3 is 15.0 Å². The van der Waals surface area contributed by atoms with Gasteiger partial charge in [0.15, 0.2) is 0 Å². The topological polar surface area (TPSA) is 41.6 Å². The van der Waals surface area contributed by atoms with E-state index in [1.165, 1.54) is 0 Å². The minimum Gasteiger partial charge on any atom is -0.381 e. The lowest BCUT2D eigenvalue weighted by Gasteiger charge is -2.41. The van der Waals surface area contributed by atoms with Crippen molar-refractivity contribution in [1.29, 1.82) is 0 Å². The summed E-state index contributed by atoms with van der Waals surface area (Å²) < 4.78 is 19.9. The highest BCUT2D eigenvalue weighted by Crippen LogP contribution is 2.32. The molecule has 1 saturated heterocycles. The number of alkyl halides is 1. The monoisotopic (exact) mass is 354 g/mol. The number of halogens is 1. The first-order valence-electron chi connectivity index (χ1n) is 10.4. The maximum atomic E-state index is 14.4. The Labute approximate surface area is 151 Å². The molecule has 2 aliphatic carbocycles. The third-order valence-electron chi connectivity index (χ3n) is 6.61. The number of hydrogen-bond donors (Lipinski definition) is 1. The van der Waals surface area contributed by atoms with Gasteiger partial charge in [-0.1, -0.05) is 12.8 Å². The molecule has 1 aliphatic heterocycles. The molecule has 0 aromatic rings. The van der Waals surface area contributed by atoms with E-state index in [9.17, 15) is 9.18 Å². The number of rotatable bonds is 5. The predicted molar refractivity (Wildman–Crippen MR) is 97.2 cm³/mol. The second-order valence-corrected chi connectivity index (χ2v) is 8.26. The Hall–Kier alpha value is -0.680. The van der Waals surface area contributed by atoms with Crippen molar-refractivity contribution in [2.45, 2.75) is 82.5 Å². The smallest absolute Gasteiger partial charge is 0.228 e. The quantitative estimate of drug-likeness (QED) is 0.824. The summed E-state index contributed by atoms with van der Waals surface area (Å²) in [5.74, 6) is 0.263. The van der Waals surface area contributed by atoms with Crippen molar-refractivity contribution >= 4 is 5.91 Å². The number of carbonyl (C=O) groups excluding carboxylic acids is 1. The van der Waals surface area contributed by atoms with Crippen LogP contribution in [-0.2, 0) is 9.53 Å². The minimum absolute atomic E-state index is 0.105. The molecule has 2 unspecified atom stereocenters. The third kappa shape index (κ3) is 4.94. The van der Waals surface area contributed by atoms with Crippen molar-refractivity contribution in [3.63, 3.8) is 0 Å². The zero-order valence-electron chi connectivity index (χ0n) is 15.7. The highest BCUT2D eigenvalue weighted by molar-refractivity contribution is 5.80. The molecule has 0 radical (unpaired) electrons. The zero-order chi connectivity index (χ0) is 17.6. The maximum Gasteiger partial charge on any atom is 0.228 e. The molecular formula is C20H35FN2O2. The Bertz CT molecular complexity index is 420. The van der Waals surface area contributed by atoms with Crippen molar-refractivity contribution < 1.29 is 13.9 Å². The van der Waals surface area contributed by atoms with E-state index in [0.717, 1.165) is 77.4 Å². The number of ether oxygens (including phenoxy) is 1. The molecule has 25 heavy (non-hydrogen) atoms. The van der Waals surface area contributed by atoms with Crippen LogP contribution in [0.3, 0.4) is 0 Å². The van der Waals surface area contributed by atoms with Gasteiger partial charge in [0.25, 0.3) is 0 Å². The van der Waals surface area contributed by atoms with Crippen LogP contribution in [0.25, 0.3) is 0 Å². The van der Waals surface area contributed by atoms with E-state index in [0.29, 0.717) is 24.5 Å². The van der Waals surface area contributed by atoms with Gasteiger partial charge >= 0.3 is 0 Å². The van der Waals surface area contributed by atoms with E-state index in [2.05, 4.69) is 10.2 Å². The van der Waals surface area contributed by atoms with Crippen LogP contribution in [0.5, 0.6) is 0 Å². The molecule has 5 heteroatoms. The molecule has 3 rings (SSSR count). The lowest BCUT2D eigenvalue weighted by atomic mass is 9.83. The van der Waals surface area contributed by atoms with Gasteiger partial charge in [-0.25, -0.2) is 4.39 Å². The molecule has 0 spiro atoms. The van der Waals surface area contributed by atoms with Gasteiger partial charge in [-0.05, 0) is 70.4 Å². The van der Waals surface area contributed by atoms with E-state index in [-0.39, 0.29) is 11.8 Å². The van der Waals surface area contributed by atoms with E-state index in [1.807, 2.05) is 0 Å². The van der Waals surface area contributed by atoms with Crippen molar-refractivity contribution in [1.82, 2.24) is 10.2 Å². The molecule has 1 amide bonds. The molecule has 3 aliphatic rings. The fourth-order valence-electron chi connectivity index (χ4n) is 4.94. The van der Waals surface area contributed by atoms with Crippen LogP contribution in [0.1, 0.15) is 64.2 Å². The Balaban J connectivity index is 1.65. The second-order valence-electron chi connectivity index (χ2n) is 8.26. The molecule has 2 atom stereocenters. The molecule has 1 heterocycles. The molecular weight excluding hydrogens is 319 g/mol. The van der Waals surface area contributed by atoms with Crippen LogP contribution in [-0.4, -0.2) is 55.9 Å². The van der Waals surface area contributed by atoms with E-state index < -0.39 is 6.17 Å². The van der Waals surface area contributed by atoms with Crippen molar-refractivity contribution in [2.24, 2.45) is 11.8 Å². The summed E-state index contributed by atoms with van der Waals surface area (Å²) in [7, 11) is 1.79. The summed E-state index contributed by atoms with van der Waals surface area (Å²) in [6, 6.07) is 0.294. The van der Waals surface area contributed by atoms with Crippen molar-refractivity contribution in [2.75, 3.05) is 26.7 Å². The predicted octanol–water partition coefficient (Wildman–Crippen LogP) is 3.30. The standard InChI is InChI=1S/C20H35FN2O2/c1-25-17-8-6-15(7-9-17)14-23(16-10-12-22-13-11-16)20(24)18-4-2-3-5-19(18)21/h15-19,22H,2-14H2,1H3. The van der Waals surface area contributed by atoms with Gasteiger partial charge in [0, 0.05) is 19.7 Å². The van der Waals surface area contributed by atoms with Crippen LogP contribution in [0.2, 0.25) is 0 Å². The van der Waals surface area contributed by atoms with Crippen LogP contribution in [0.15, 0.2) is 0 Å². The highest BCUT2D eigenvalue weighted by atomic mass is 19.1. The van der Waals surface area contributed by atoms with Gasteiger partial charge in [-0.15, -0.1) is 0 Å². The van der Waals surface area contributed by atoms with Crippen LogP contribution in [0, 0.1) is 11.8 Å². The van der Waals surface area contributed by atoms with E-state index in [4.69, 9.17) is 4.74 Å². The fraction of sp³-hybridized carbons (Fsp3) is 0.950. The largest absolute Gasteiger partial charge is 0.381 e. The highest BCUT2D eigenvalue weighted by Gasteiger charge is 2.38. The van der Waals surface area contributed by atoms with Crippen LogP contribution in [0.4, 0.5) is 4.39 Å². The normalized spacial score (nSPS) is 34.6. The van der Waals surface area contributed by atoms with Gasteiger partial charge in [0.05, 0.1) is 12.0 Å². The first-order chi connectivity index (χ1) is 12.2. The summed E-state index contributed by atoms with van der Waals surface area (Å²) in [6.07, 6.45) is 9.10. The van der Waals surface area contributed by atoms with Gasteiger partial charge in [-0.3, -0.25) is 4.79 Å². The number of hydrogen-bond acceptors (Lipinski definition) is 3. The van der Waals surface area contributed by atoms with Gasteiger partial charge in [-0.2, -0.15) is 0 Å². The fourth-order valence-corrected chi connectivity index (χ4v) is 4.94. The minimum atomic E-state index is -0.935. The van der Waals surface area contributed by atoms with E-state index in [1.54, 1.807) is 7.11 Å². The Kier molecular flexibility index (Phi) is 7.11. The lowest BCUT2D eigenvalue weighted by Crippen LogP contribution is -2.52. The average Bonchev–Trinajstić information content (AvgIpc) is 2.67. The van der Waals surface area contributed by atoms with Crippen LogP contribution < -0.4 is 5.32 Å². The Morgan fingerprint density at radius 3 is 2.36 bits per heavy atom. The number of nitrogens with one attached hydrogen (secondary N) is 1. The second kappa shape index (κ2) is 9.31. The number of amides is 1. The van der Waals surface area contributed by atoms with Gasteiger partial charge in [0.1, 0.15) is 6.17 Å². The Morgan fingerprint density at radius 2 is 1.72 bits per heavy atom. The molecule has 1 N–H and O–H groups in total. The lowest BCUT2D eigenvalue weighted by molar-refractivity contribution is -0.143. The number of piperidine rings is 1. The first-order valence-corrected chi connectivity index (χ1v) is 10.4. The molecule has 0 aromatic heterocycles. The van der Waals surface area contributed by atoms with Crippen molar-refractivity contribution in [3.8, 4) is 0 Å². The summed E-state index contributed by atoms with van der Waals surface area (Å²) in [4.78, 5) is 15.3. The SMILES string of the molecule is COC1CCC(CN(C(=O)C2CCCCC2F)C2CCNCC2)CC1. The number of methoxy groups -OCH3 is 1. The molecule has 2 saturated carbocycles. The number of nitrogens with zero attached hydrogens (tertiary/aromatic N) is 1. The summed E-state index contributed by atoms with van der Waals surface area (Å²) in [6.45, 7) is 2.76. The molecule has 0 bridgehead atoms. The maximum absolute atomic E-state index is 14.4. The molecule has 4 nitrogen and oxygen atoms in total.